The molecule has 0 aliphatic carbocycles. The fraction of sp³-hybridized carbons (Fsp3) is 0.0800. The number of carbonyl (C=O) groups is 2. The maximum atomic E-state index is 14.0. The van der Waals surface area contributed by atoms with Crippen LogP contribution >= 0.6 is 11.6 Å². The van der Waals surface area contributed by atoms with Gasteiger partial charge in [-0.05, 0) is 25.1 Å². The fourth-order valence-corrected chi connectivity index (χ4v) is 3.52. The molecule has 5 nitrogen and oxygen atoms in total. The van der Waals surface area contributed by atoms with Crippen molar-refractivity contribution in [3.8, 4) is 0 Å². The van der Waals surface area contributed by atoms with Crippen LogP contribution in [0.5, 0.6) is 0 Å². The zero-order chi connectivity index (χ0) is 22.7. The van der Waals surface area contributed by atoms with Gasteiger partial charge in [0.25, 0.3) is 5.91 Å². The Bertz CT molecular complexity index is 1280. The molecular weight excluding hydrogens is 429 g/mol. The molecule has 0 fully saturated rings. The summed E-state index contributed by atoms with van der Waals surface area (Å²) in [6.45, 7) is 2.06. The van der Waals surface area contributed by atoms with Crippen LogP contribution in [0.15, 0.2) is 79.1 Å². The van der Waals surface area contributed by atoms with E-state index in [4.69, 9.17) is 11.6 Å². The van der Waals surface area contributed by atoms with Crippen LogP contribution in [0.1, 0.15) is 37.4 Å². The highest BCUT2D eigenvalue weighted by molar-refractivity contribution is 6.31. The molecule has 0 unspecified atom stereocenters. The van der Waals surface area contributed by atoms with Crippen LogP contribution in [0.2, 0.25) is 5.02 Å². The van der Waals surface area contributed by atoms with Gasteiger partial charge in [-0.15, -0.1) is 0 Å². The molecule has 1 amide bonds. The molecule has 0 spiro atoms. The Balaban J connectivity index is 1.53. The molecule has 0 saturated carbocycles. The third-order valence-corrected chi connectivity index (χ3v) is 5.36. The molecule has 0 atom stereocenters. The number of carbonyl (C=O) groups excluding carboxylic acids is 2. The molecule has 7 heteroatoms. The van der Waals surface area contributed by atoms with Crippen LogP contribution in [0.25, 0.3) is 0 Å². The highest BCUT2D eigenvalue weighted by atomic mass is 35.5. The van der Waals surface area contributed by atoms with Gasteiger partial charge >= 0.3 is 0 Å². The van der Waals surface area contributed by atoms with Crippen LogP contribution in [0.3, 0.4) is 0 Å². The number of aromatic nitrogens is 2. The molecule has 1 aromatic heterocycles. The first-order valence-corrected chi connectivity index (χ1v) is 10.3. The number of aryl methyl sites for hydroxylation is 1. The smallest absolute Gasteiger partial charge is 0.256 e. The standard InChI is InChI=1S/C25H19ClFN3O2/c1-16-9-11-17(12-10-16)24(31)19-5-2-3-6-20(19)25(32)29-18-13-28-30(14-18)15-21-22(26)7-4-8-23(21)27/h2-14H,15H2,1H3,(H,29,32). The molecule has 3 aromatic carbocycles. The van der Waals surface area contributed by atoms with E-state index in [-0.39, 0.29) is 17.9 Å². The minimum absolute atomic E-state index is 0.115. The lowest BCUT2D eigenvalue weighted by Crippen LogP contribution is -2.16. The second-order valence-corrected chi connectivity index (χ2v) is 7.73. The molecule has 1 N–H and O–H groups in total. The summed E-state index contributed by atoms with van der Waals surface area (Å²) in [5.41, 5.74) is 2.83. The van der Waals surface area contributed by atoms with Crippen LogP contribution in [-0.2, 0) is 6.54 Å². The van der Waals surface area contributed by atoms with E-state index < -0.39 is 11.7 Å². The summed E-state index contributed by atoms with van der Waals surface area (Å²) in [4.78, 5) is 25.9. The second-order valence-electron chi connectivity index (χ2n) is 7.32. The molecule has 160 valence electrons. The summed E-state index contributed by atoms with van der Waals surface area (Å²) in [5.74, 6) is -1.10. The van der Waals surface area contributed by atoms with Gasteiger partial charge in [-0.3, -0.25) is 14.3 Å². The summed E-state index contributed by atoms with van der Waals surface area (Å²) in [6.07, 6.45) is 3.03. The van der Waals surface area contributed by atoms with Crippen molar-refractivity contribution in [3.05, 3.63) is 118 Å². The van der Waals surface area contributed by atoms with Gasteiger partial charge in [-0.2, -0.15) is 5.10 Å². The Morgan fingerprint density at radius 3 is 2.44 bits per heavy atom. The highest BCUT2D eigenvalue weighted by Crippen LogP contribution is 2.21. The number of hydrogen-bond acceptors (Lipinski definition) is 3. The Labute approximate surface area is 189 Å². The second kappa shape index (κ2) is 9.16. The number of nitrogens with one attached hydrogen (secondary N) is 1. The van der Waals surface area contributed by atoms with E-state index in [1.807, 2.05) is 19.1 Å². The van der Waals surface area contributed by atoms with Gasteiger partial charge in [-0.1, -0.05) is 65.7 Å². The Kier molecular flexibility index (Phi) is 6.14. The van der Waals surface area contributed by atoms with Crippen molar-refractivity contribution in [3.63, 3.8) is 0 Å². The number of amides is 1. The van der Waals surface area contributed by atoms with Gasteiger partial charge < -0.3 is 5.32 Å². The number of benzene rings is 3. The van der Waals surface area contributed by atoms with Gasteiger partial charge in [0.1, 0.15) is 5.82 Å². The fourth-order valence-electron chi connectivity index (χ4n) is 3.30. The van der Waals surface area contributed by atoms with E-state index in [0.717, 1.165) is 5.56 Å². The zero-order valence-corrected chi connectivity index (χ0v) is 17.9. The lowest BCUT2D eigenvalue weighted by Gasteiger charge is -2.09. The van der Waals surface area contributed by atoms with Crippen LogP contribution in [0, 0.1) is 12.7 Å². The molecule has 0 radical (unpaired) electrons. The van der Waals surface area contributed by atoms with Gasteiger partial charge in [0.15, 0.2) is 5.78 Å². The van der Waals surface area contributed by atoms with Crippen molar-refractivity contribution in [2.45, 2.75) is 13.5 Å². The van der Waals surface area contributed by atoms with Crippen LogP contribution in [-0.4, -0.2) is 21.5 Å². The Hall–Kier alpha value is -3.77. The number of ketones is 1. The molecular formula is C25H19ClFN3O2. The summed E-state index contributed by atoms with van der Waals surface area (Å²) in [5, 5.41) is 7.21. The van der Waals surface area contributed by atoms with E-state index in [1.54, 1.807) is 48.7 Å². The Morgan fingerprint density at radius 2 is 1.72 bits per heavy atom. The van der Waals surface area contributed by atoms with Crippen LogP contribution < -0.4 is 5.32 Å². The highest BCUT2D eigenvalue weighted by Gasteiger charge is 2.19. The number of anilines is 1. The number of rotatable bonds is 6. The first-order valence-electron chi connectivity index (χ1n) is 9.89. The van der Waals surface area contributed by atoms with Gasteiger partial charge in [-0.25, -0.2) is 4.39 Å². The average molecular weight is 448 g/mol. The van der Waals surface area contributed by atoms with E-state index in [1.165, 1.54) is 23.0 Å². The van der Waals surface area contributed by atoms with Crippen molar-refractivity contribution in [2.75, 3.05) is 5.32 Å². The van der Waals surface area contributed by atoms with Gasteiger partial charge in [0.05, 0.1) is 24.0 Å². The lowest BCUT2D eigenvalue weighted by molar-refractivity contribution is 0.0996. The van der Waals surface area contributed by atoms with Crippen molar-refractivity contribution in [1.29, 1.82) is 0 Å². The zero-order valence-electron chi connectivity index (χ0n) is 17.2. The topological polar surface area (TPSA) is 64.0 Å². The normalized spacial score (nSPS) is 10.7. The Morgan fingerprint density at radius 1 is 1.00 bits per heavy atom. The van der Waals surface area contributed by atoms with Crippen molar-refractivity contribution < 1.29 is 14.0 Å². The third-order valence-electron chi connectivity index (χ3n) is 5.00. The maximum absolute atomic E-state index is 14.0. The predicted octanol–water partition coefficient (Wildman–Crippen LogP) is 5.52. The minimum Gasteiger partial charge on any atom is -0.319 e. The number of halogens is 2. The van der Waals surface area contributed by atoms with Crippen molar-refractivity contribution in [1.82, 2.24) is 9.78 Å². The molecule has 0 aliphatic rings. The summed E-state index contributed by atoms with van der Waals surface area (Å²) in [7, 11) is 0. The van der Waals surface area contributed by atoms with E-state index in [9.17, 15) is 14.0 Å². The van der Waals surface area contributed by atoms with E-state index in [2.05, 4.69) is 10.4 Å². The summed E-state index contributed by atoms with van der Waals surface area (Å²) in [6, 6.07) is 18.3. The molecule has 0 bridgehead atoms. The SMILES string of the molecule is Cc1ccc(C(=O)c2ccccc2C(=O)Nc2cnn(Cc3c(F)cccc3Cl)c2)cc1. The van der Waals surface area contributed by atoms with E-state index >= 15 is 0 Å². The molecule has 4 rings (SSSR count). The predicted molar refractivity (Wildman–Crippen MR) is 122 cm³/mol. The minimum atomic E-state index is -0.440. The van der Waals surface area contributed by atoms with Crippen LogP contribution in [0.4, 0.5) is 10.1 Å². The first-order chi connectivity index (χ1) is 15.4. The molecule has 0 aliphatic heterocycles. The first kappa shape index (κ1) is 21.5. The van der Waals surface area contributed by atoms with E-state index in [0.29, 0.717) is 27.4 Å². The third kappa shape index (κ3) is 4.60. The average Bonchev–Trinajstić information content (AvgIpc) is 3.23. The summed E-state index contributed by atoms with van der Waals surface area (Å²) >= 11 is 6.07. The number of hydrogen-bond donors (Lipinski definition) is 1. The van der Waals surface area contributed by atoms with Crippen molar-refractivity contribution in [2.24, 2.45) is 0 Å². The largest absolute Gasteiger partial charge is 0.319 e. The monoisotopic (exact) mass is 447 g/mol. The van der Waals surface area contributed by atoms with Gasteiger partial charge in [0, 0.05) is 27.9 Å². The molecule has 32 heavy (non-hydrogen) atoms. The molecule has 1 heterocycles. The summed E-state index contributed by atoms with van der Waals surface area (Å²) < 4.78 is 15.5. The maximum Gasteiger partial charge on any atom is 0.256 e. The van der Waals surface area contributed by atoms with Crippen molar-refractivity contribution >= 4 is 29.0 Å². The molecule has 4 aromatic rings. The molecule has 0 saturated heterocycles. The quantitative estimate of drug-likeness (QED) is 0.396. The lowest BCUT2D eigenvalue weighted by atomic mass is 9.97. The van der Waals surface area contributed by atoms with Gasteiger partial charge in [0.2, 0.25) is 0 Å². The number of nitrogens with zero attached hydrogens (tertiary/aromatic N) is 2.